The first-order valence-electron chi connectivity index (χ1n) is 10.8. The number of carbonyl (C=O) groups excluding carboxylic acids is 2. The maximum Gasteiger partial charge on any atom is 0.231 e. The number of hydrogen-bond acceptors (Lipinski definition) is 7. The third-order valence-electron chi connectivity index (χ3n) is 5.67. The second-order valence-corrected chi connectivity index (χ2v) is 9.04. The zero-order chi connectivity index (χ0) is 24.1. The van der Waals surface area contributed by atoms with Crippen molar-refractivity contribution in [1.82, 2.24) is 15.1 Å². The molecule has 1 fully saturated rings. The molecular weight excluding hydrogens is 459 g/mol. The van der Waals surface area contributed by atoms with Gasteiger partial charge < -0.3 is 19.7 Å². The summed E-state index contributed by atoms with van der Waals surface area (Å²) in [7, 11) is 3.16. The number of nitrogens with one attached hydrogen (secondary N) is 1. The number of hydrogen-bond donors (Lipinski definition) is 1. The van der Waals surface area contributed by atoms with Gasteiger partial charge in [0.15, 0.2) is 11.5 Å². The summed E-state index contributed by atoms with van der Waals surface area (Å²) in [5, 5.41) is 12.2. The Labute approximate surface area is 200 Å². The summed E-state index contributed by atoms with van der Waals surface area (Å²) in [4.78, 5) is 26.8. The Bertz CT molecular complexity index is 1170. The third kappa shape index (κ3) is 5.69. The Morgan fingerprint density at radius 1 is 1.12 bits per heavy atom. The van der Waals surface area contributed by atoms with E-state index in [4.69, 9.17) is 9.47 Å². The van der Waals surface area contributed by atoms with E-state index in [0.29, 0.717) is 42.6 Å². The largest absolute Gasteiger partial charge is 0.493 e. The molecule has 4 rings (SSSR count). The predicted octanol–water partition coefficient (Wildman–Crippen LogP) is 3.31. The van der Waals surface area contributed by atoms with Crippen molar-refractivity contribution >= 4 is 28.3 Å². The Kier molecular flexibility index (Phi) is 7.36. The molecule has 1 aliphatic heterocycles. The second kappa shape index (κ2) is 10.6. The SMILES string of the molecule is COc1ccc(Cc2nnc(NC(=O)[C@@H]3CC(=O)N(CCc4ccc(F)cc4)C3)s2)cc1OC. The zero-order valence-electron chi connectivity index (χ0n) is 18.9. The van der Waals surface area contributed by atoms with Gasteiger partial charge in [-0.15, -0.1) is 10.2 Å². The van der Waals surface area contributed by atoms with Crippen LogP contribution in [0.15, 0.2) is 42.5 Å². The lowest BCUT2D eigenvalue weighted by molar-refractivity contribution is -0.128. The highest BCUT2D eigenvalue weighted by atomic mass is 32.1. The van der Waals surface area contributed by atoms with Gasteiger partial charge in [0.1, 0.15) is 10.8 Å². The lowest BCUT2D eigenvalue weighted by Crippen LogP contribution is -2.30. The van der Waals surface area contributed by atoms with Crippen LogP contribution in [0.5, 0.6) is 11.5 Å². The van der Waals surface area contributed by atoms with Crippen LogP contribution in [-0.4, -0.2) is 54.2 Å². The van der Waals surface area contributed by atoms with Crippen molar-refractivity contribution in [3.63, 3.8) is 0 Å². The van der Waals surface area contributed by atoms with Crippen molar-refractivity contribution in [3.05, 3.63) is 64.4 Å². The highest BCUT2D eigenvalue weighted by Crippen LogP contribution is 2.29. The minimum Gasteiger partial charge on any atom is -0.493 e. The van der Waals surface area contributed by atoms with Crippen LogP contribution in [0.1, 0.15) is 22.6 Å². The molecule has 0 saturated carbocycles. The van der Waals surface area contributed by atoms with Crippen molar-refractivity contribution < 1.29 is 23.5 Å². The van der Waals surface area contributed by atoms with Gasteiger partial charge >= 0.3 is 0 Å². The molecular formula is C24H25FN4O4S. The van der Waals surface area contributed by atoms with Crippen LogP contribution in [0.25, 0.3) is 0 Å². The van der Waals surface area contributed by atoms with Crippen LogP contribution in [0, 0.1) is 11.7 Å². The van der Waals surface area contributed by atoms with E-state index >= 15 is 0 Å². The standard InChI is InChI=1S/C24H25FN4O4S/c1-32-19-8-5-16(11-20(19)33-2)12-21-27-28-24(34-21)26-23(31)17-13-22(30)29(14-17)10-9-15-3-6-18(25)7-4-15/h3-8,11,17H,9-10,12-14H2,1-2H3,(H,26,28,31)/t17-/m1/s1. The molecule has 1 saturated heterocycles. The Morgan fingerprint density at radius 3 is 2.59 bits per heavy atom. The first-order valence-corrected chi connectivity index (χ1v) is 11.6. The van der Waals surface area contributed by atoms with E-state index in [1.54, 1.807) is 31.3 Å². The maximum absolute atomic E-state index is 13.1. The molecule has 3 aromatic rings. The number of halogens is 1. The summed E-state index contributed by atoms with van der Waals surface area (Å²) < 4.78 is 23.6. The molecule has 2 heterocycles. The molecule has 2 aromatic carbocycles. The van der Waals surface area contributed by atoms with Crippen LogP contribution in [0.3, 0.4) is 0 Å². The lowest BCUT2D eigenvalue weighted by atomic mass is 10.1. The molecule has 34 heavy (non-hydrogen) atoms. The molecule has 178 valence electrons. The highest BCUT2D eigenvalue weighted by molar-refractivity contribution is 7.15. The van der Waals surface area contributed by atoms with E-state index in [9.17, 15) is 14.0 Å². The fourth-order valence-corrected chi connectivity index (χ4v) is 4.60. The van der Waals surface area contributed by atoms with Gasteiger partial charge in [-0.3, -0.25) is 9.59 Å². The van der Waals surface area contributed by atoms with Crippen molar-refractivity contribution in [2.45, 2.75) is 19.3 Å². The monoisotopic (exact) mass is 484 g/mol. The summed E-state index contributed by atoms with van der Waals surface area (Å²) in [5.41, 5.74) is 1.92. The molecule has 8 nitrogen and oxygen atoms in total. The van der Waals surface area contributed by atoms with E-state index in [-0.39, 0.29) is 24.1 Å². The fraction of sp³-hybridized carbons (Fsp3) is 0.333. The summed E-state index contributed by atoms with van der Waals surface area (Å²) >= 11 is 1.29. The average molecular weight is 485 g/mol. The molecule has 0 unspecified atom stereocenters. The van der Waals surface area contributed by atoms with Gasteiger partial charge in [0.2, 0.25) is 16.9 Å². The zero-order valence-corrected chi connectivity index (χ0v) is 19.7. The Morgan fingerprint density at radius 2 is 1.85 bits per heavy atom. The van der Waals surface area contributed by atoms with E-state index in [0.717, 1.165) is 16.1 Å². The molecule has 0 aliphatic carbocycles. The molecule has 0 spiro atoms. The molecule has 0 radical (unpaired) electrons. The van der Waals surface area contributed by atoms with Crippen LogP contribution < -0.4 is 14.8 Å². The topological polar surface area (TPSA) is 93.7 Å². The number of likely N-dealkylation sites (tertiary alicyclic amines) is 1. The van der Waals surface area contributed by atoms with Gasteiger partial charge in [-0.25, -0.2) is 4.39 Å². The van der Waals surface area contributed by atoms with E-state index in [2.05, 4.69) is 15.5 Å². The van der Waals surface area contributed by atoms with Crippen molar-refractivity contribution in [1.29, 1.82) is 0 Å². The normalized spacial score (nSPS) is 15.4. The first kappa shape index (κ1) is 23.6. The average Bonchev–Trinajstić information content (AvgIpc) is 3.44. The lowest BCUT2D eigenvalue weighted by Gasteiger charge is -2.16. The number of ether oxygens (including phenoxy) is 2. The Hall–Kier alpha value is -3.53. The van der Waals surface area contributed by atoms with Crippen molar-refractivity contribution in [2.24, 2.45) is 5.92 Å². The summed E-state index contributed by atoms with van der Waals surface area (Å²) in [6, 6.07) is 11.8. The van der Waals surface area contributed by atoms with Gasteiger partial charge in [-0.05, 0) is 41.8 Å². The smallest absolute Gasteiger partial charge is 0.231 e. The van der Waals surface area contributed by atoms with E-state index < -0.39 is 5.92 Å². The van der Waals surface area contributed by atoms with Crippen molar-refractivity contribution in [2.75, 3.05) is 32.6 Å². The molecule has 1 N–H and O–H groups in total. The quantitative estimate of drug-likeness (QED) is 0.501. The van der Waals surface area contributed by atoms with E-state index in [1.165, 1.54) is 23.5 Å². The van der Waals surface area contributed by atoms with Gasteiger partial charge in [0, 0.05) is 25.9 Å². The number of nitrogens with zero attached hydrogens (tertiary/aromatic N) is 3. The molecule has 1 atom stereocenters. The fourth-order valence-electron chi connectivity index (χ4n) is 3.83. The highest BCUT2D eigenvalue weighted by Gasteiger charge is 2.34. The minimum absolute atomic E-state index is 0.0614. The van der Waals surface area contributed by atoms with Crippen LogP contribution in [-0.2, 0) is 22.4 Å². The molecule has 1 aromatic heterocycles. The number of benzene rings is 2. The number of aromatic nitrogens is 2. The van der Waals surface area contributed by atoms with Crippen LogP contribution in [0.4, 0.5) is 9.52 Å². The number of anilines is 1. The van der Waals surface area contributed by atoms with Gasteiger partial charge in [0.05, 0.1) is 20.1 Å². The predicted molar refractivity (Wildman–Crippen MR) is 126 cm³/mol. The molecule has 2 amide bonds. The molecule has 10 heteroatoms. The number of carbonyl (C=O) groups is 2. The second-order valence-electron chi connectivity index (χ2n) is 7.97. The number of rotatable bonds is 9. The van der Waals surface area contributed by atoms with E-state index in [1.807, 2.05) is 18.2 Å². The third-order valence-corrected chi connectivity index (χ3v) is 6.51. The molecule has 0 bridgehead atoms. The minimum atomic E-state index is -0.445. The van der Waals surface area contributed by atoms with Crippen LogP contribution >= 0.6 is 11.3 Å². The maximum atomic E-state index is 13.1. The van der Waals surface area contributed by atoms with Gasteiger partial charge in [-0.2, -0.15) is 0 Å². The Balaban J connectivity index is 1.30. The summed E-state index contributed by atoms with van der Waals surface area (Å²) in [6.07, 6.45) is 1.30. The number of methoxy groups -OCH3 is 2. The molecule has 1 aliphatic rings. The summed E-state index contributed by atoms with van der Waals surface area (Å²) in [5.74, 6) is 0.238. The van der Waals surface area contributed by atoms with Crippen molar-refractivity contribution in [3.8, 4) is 11.5 Å². The van der Waals surface area contributed by atoms with Gasteiger partial charge in [-0.1, -0.05) is 29.5 Å². The van der Waals surface area contributed by atoms with Gasteiger partial charge in [0.25, 0.3) is 0 Å². The summed E-state index contributed by atoms with van der Waals surface area (Å²) in [6.45, 7) is 0.839. The number of amides is 2. The first-order chi connectivity index (χ1) is 16.4. The van der Waals surface area contributed by atoms with Crippen LogP contribution in [0.2, 0.25) is 0 Å².